The van der Waals surface area contributed by atoms with Crippen molar-refractivity contribution in [2.75, 3.05) is 7.11 Å². The average molecular weight is 694 g/mol. The maximum atomic E-state index is 13.4. The Morgan fingerprint density at radius 3 is 2.17 bits per heavy atom. The Hall–Kier alpha value is -5.54. The molecule has 5 aromatic carbocycles. The van der Waals surface area contributed by atoms with Gasteiger partial charge in [-0.05, 0) is 51.3 Å². The number of ether oxygens (including phenoxy) is 5. The number of esters is 1. The Labute approximate surface area is 279 Å². The summed E-state index contributed by atoms with van der Waals surface area (Å²) in [6.07, 6.45) is -2.53. The van der Waals surface area contributed by atoms with E-state index in [1.165, 1.54) is 0 Å². The van der Waals surface area contributed by atoms with Crippen molar-refractivity contribution in [3.05, 3.63) is 149 Å². The number of carbonyl (C=O) groups excluding carboxylic acids is 2. The van der Waals surface area contributed by atoms with E-state index in [1.807, 2.05) is 91.0 Å². The zero-order chi connectivity index (χ0) is 32.6. The van der Waals surface area contributed by atoms with Crippen molar-refractivity contribution in [1.29, 1.82) is 0 Å². The Balaban J connectivity index is 1.28. The van der Waals surface area contributed by atoms with Crippen LogP contribution >= 0.6 is 15.9 Å². The second-order valence-corrected chi connectivity index (χ2v) is 11.2. The molecule has 0 aliphatic heterocycles. The molecule has 0 saturated carbocycles. The zero-order valence-electron chi connectivity index (χ0n) is 25.3. The first-order chi connectivity index (χ1) is 23.0. The van der Waals surface area contributed by atoms with Crippen LogP contribution in [0.5, 0.6) is 17.4 Å². The third kappa shape index (κ3) is 7.48. The summed E-state index contributed by atoms with van der Waals surface area (Å²) < 4.78 is 35.1. The maximum Gasteiger partial charge on any atom is 0.517 e. The normalized spacial score (nSPS) is 11.4. The SMILES string of the molecule is COc1ccc(COc2c(Br)cccc2-c2c(OC(=O)O[C@H](C(=O)OCc3ccccc3)c3ccccc3)oc3ccccc23)cc1. The number of rotatable bonds is 11. The van der Waals surface area contributed by atoms with Gasteiger partial charge in [0.25, 0.3) is 0 Å². The summed E-state index contributed by atoms with van der Waals surface area (Å²) in [5.74, 6) is 0.392. The first-order valence-electron chi connectivity index (χ1n) is 14.7. The van der Waals surface area contributed by atoms with Crippen LogP contribution in [0.15, 0.2) is 136 Å². The number of halogens is 1. The van der Waals surface area contributed by atoms with Crippen molar-refractivity contribution in [1.82, 2.24) is 0 Å². The first kappa shape index (κ1) is 31.4. The van der Waals surface area contributed by atoms with E-state index in [0.29, 0.717) is 37.9 Å². The number of fused-ring (bicyclic) bond motifs is 1. The highest BCUT2D eigenvalue weighted by Gasteiger charge is 2.30. The van der Waals surface area contributed by atoms with E-state index in [4.69, 9.17) is 28.1 Å². The van der Waals surface area contributed by atoms with Gasteiger partial charge < -0.3 is 28.1 Å². The number of furan rings is 1. The van der Waals surface area contributed by atoms with Crippen LogP contribution in [0.3, 0.4) is 0 Å². The molecule has 0 spiro atoms. The van der Waals surface area contributed by atoms with Crippen LogP contribution in [0.4, 0.5) is 4.79 Å². The predicted molar refractivity (Wildman–Crippen MR) is 179 cm³/mol. The van der Waals surface area contributed by atoms with Gasteiger partial charge in [0, 0.05) is 16.5 Å². The fourth-order valence-corrected chi connectivity index (χ4v) is 5.44. The number of para-hydroxylation sites is 2. The minimum Gasteiger partial charge on any atom is -0.497 e. The third-order valence-electron chi connectivity index (χ3n) is 7.27. The monoisotopic (exact) mass is 692 g/mol. The Morgan fingerprint density at radius 2 is 1.43 bits per heavy atom. The highest BCUT2D eigenvalue weighted by molar-refractivity contribution is 9.10. The molecule has 1 atom stereocenters. The van der Waals surface area contributed by atoms with Crippen LogP contribution in [0.1, 0.15) is 22.8 Å². The molecule has 8 nitrogen and oxygen atoms in total. The molecule has 1 aromatic heterocycles. The minimum absolute atomic E-state index is 0.0112. The van der Waals surface area contributed by atoms with Gasteiger partial charge in [-0.1, -0.05) is 103 Å². The van der Waals surface area contributed by atoms with Gasteiger partial charge in [0.2, 0.25) is 6.10 Å². The Bertz CT molecular complexity index is 1970. The molecule has 0 saturated heterocycles. The number of methoxy groups -OCH3 is 1. The summed E-state index contributed by atoms with van der Waals surface area (Å²) in [5, 5.41) is 0.685. The highest BCUT2D eigenvalue weighted by atomic mass is 79.9. The summed E-state index contributed by atoms with van der Waals surface area (Å²) in [7, 11) is 1.61. The maximum absolute atomic E-state index is 13.4. The van der Waals surface area contributed by atoms with E-state index >= 15 is 0 Å². The number of hydrogen-bond acceptors (Lipinski definition) is 8. The summed E-state index contributed by atoms with van der Waals surface area (Å²) >= 11 is 3.62. The number of benzene rings is 5. The van der Waals surface area contributed by atoms with Crippen molar-refractivity contribution in [2.24, 2.45) is 0 Å². The van der Waals surface area contributed by atoms with Gasteiger partial charge in [-0.3, -0.25) is 0 Å². The van der Waals surface area contributed by atoms with E-state index in [2.05, 4.69) is 15.9 Å². The first-order valence-corrected chi connectivity index (χ1v) is 15.5. The molecule has 236 valence electrons. The van der Waals surface area contributed by atoms with Crippen molar-refractivity contribution < 1.29 is 37.7 Å². The van der Waals surface area contributed by atoms with Crippen LogP contribution < -0.4 is 14.2 Å². The molecule has 47 heavy (non-hydrogen) atoms. The van der Waals surface area contributed by atoms with Crippen molar-refractivity contribution in [3.63, 3.8) is 0 Å². The molecule has 0 amide bonds. The summed E-state index contributed by atoms with van der Waals surface area (Å²) in [5.41, 5.74) is 3.72. The molecular formula is C38H29BrO8. The van der Waals surface area contributed by atoms with Crippen LogP contribution in [-0.4, -0.2) is 19.2 Å². The lowest BCUT2D eigenvalue weighted by Crippen LogP contribution is -2.23. The van der Waals surface area contributed by atoms with Crippen LogP contribution in [0.25, 0.3) is 22.1 Å². The second kappa shape index (κ2) is 14.7. The molecule has 0 radical (unpaired) electrons. The molecule has 0 aliphatic rings. The van der Waals surface area contributed by atoms with Crippen LogP contribution in [0, 0.1) is 0 Å². The lowest BCUT2D eigenvalue weighted by molar-refractivity contribution is -0.156. The standard InChI is InChI=1S/C38H29BrO8/c1-42-28-21-19-26(20-22-28)23-43-35-30(16-10-17-31(35)39)33-29-15-8-9-18-32(29)45-37(33)47-38(41)46-34(27-13-6-3-7-14-27)36(40)44-24-25-11-4-2-5-12-25/h2-22,34H,23-24H2,1H3/t34-/m0/s1. The van der Waals surface area contributed by atoms with Crippen LogP contribution in [0.2, 0.25) is 0 Å². The van der Waals surface area contributed by atoms with Gasteiger partial charge in [-0.2, -0.15) is 0 Å². The third-order valence-corrected chi connectivity index (χ3v) is 7.90. The lowest BCUT2D eigenvalue weighted by Gasteiger charge is -2.17. The minimum atomic E-state index is -1.38. The highest BCUT2D eigenvalue weighted by Crippen LogP contribution is 2.46. The van der Waals surface area contributed by atoms with E-state index in [0.717, 1.165) is 16.9 Å². The molecular weight excluding hydrogens is 664 g/mol. The number of hydrogen-bond donors (Lipinski definition) is 0. The quantitative estimate of drug-likeness (QED) is 0.124. The average Bonchev–Trinajstić information content (AvgIpc) is 3.47. The lowest BCUT2D eigenvalue weighted by atomic mass is 10.0. The molecule has 6 aromatic rings. The number of carbonyl (C=O) groups is 2. The van der Waals surface area contributed by atoms with Gasteiger partial charge in [0.05, 0.1) is 17.1 Å². The second-order valence-electron chi connectivity index (χ2n) is 10.4. The predicted octanol–water partition coefficient (Wildman–Crippen LogP) is 9.45. The molecule has 0 fully saturated rings. The molecule has 1 heterocycles. The Morgan fingerprint density at radius 1 is 0.745 bits per heavy atom. The summed E-state index contributed by atoms with van der Waals surface area (Å²) in [6, 6.07) is 38.2. The fourth-order valence-electron chi connectivity index (χ4n) is 4.96. The van der Waals surface area contributed by atoms with E-state index in [1.54, 1.807) is 43.5 Å². The summed E-state index contributed by atoms with van der Waals surface area (Å²) in [6.45, 7) is 0.273. The topological polar surface area (TPSA) is 93.4 Å². The summed E-state index contributed by atoms with van der Waals surface area (Å²) in [4.78, 5) is 26.6. The molecule has 9 heteroatoms. The van der Waals surface area contributed by atoms with Crippen molar-refractivity contribution in [3.8, 4) is 28.6 Å². The molecule has 6 rings (SSSR count). The van der Waals surface area contributed by atoms with Gasteiger partial charge >= 0.3 is 18.1 Å². The van der Waals surface area contributed by atoms with Gasteiger partial charge in [-0.25, -0.2) is 9.59 Å². The van der Waals surface area contributed by atoms with Crippen molar-refractivity contribution in [2.45, 2.75) is 19.3 Å². The van der Waals surface area contributed by atoms with Gasteiger partial charge in [0.1, 0.15) is 30.3 Å². The molecule has 0 unspecified atom stereocenters. The fraction of sp³-hybridized carbons (Fsp3) is 0.105. The molecule has 0 aliphatic carbocycles. The smallest absolute Gasteiger partial charge is 0.497 e. The molecule has 0 N–H and O–H groups in total. The zero-order valence-corrected chi connectivity index (χ0v) is 26.8. The molecule has 0 bridgehead atoms. The van der Waals surface area contributed by atoms with Gasteiger partial charge in [-0.15, -0.1) is 0 Å². The van der Waals surface area contributed by atoms with E-state index in [9.17, 15) is 9.59 Å². The van der Waals surface area contributed by atoms with Crippen molar-refractivity contribution >= 4 is 39.0 Å². The Kier molecular flexibility index (Phi) is 9.84. The van der Waals surface area contributed by atoms with Gasteiger partial charge in [0.15, 0.2) is 0 Å². The largest absolute Gasteiger partial charge is 0.517 e. The van der Waals surface area contributed by atoms with Crippen LogP contribution in [-0.2, 0) is 27.5 Å². The van der Waals surface area contributed by atoms with E-state index in [-0.39, 0.29) is 19.2 Å². The van der Waals surface area contributed by atoms with E-state index < -0.39 is 18.2 Å².